The lowest BCUT2D eigenvalue weighted by Gasteiger charge is -2.08. The van der Waals surface area contributed by atoms with Gasteiger partial charge in [0.2, 0.25) is 0 Å². The molecular formula is C15H20ClN3. The van der Waals surface area contributed by atoms with Crippen LogP contribution in [-0.4, -0.2) is 9.78 Å². The summed E-state index contributed by atoms with van der Waals surface area (Å²) in [6.45, 7) is 5.08. The number of benzene rings is 1. The Morgan fingerprint density at radius 1 is 1.26 bits per heavy atom. The molecule has 0 bridgehead atoms. The molecule has 102 valence electrons. The predicted molar refractivity (Wildman–Crippen MR) is 80.6 cm³/mol. The van der Waals surface area contributed by atoms with Crippen LogP contribution in [0.25, 0.3) is 0 Å². The van der Waals surface area contributed by atoms with E-state index in [0.717, 1.165) is 29.9 Å². The Hall–Kier alpha value is -1.48. The molecule has 0 aliphatic heterocycles. The Morgan fingerprint density at radius 3 is 2.63 bits per heavy atom. The lowest BCUT2D eigenvalue weighted by atomic mass is 10.2. The van der Waals surface area contributed by atoms with E-state index in [2.05, 4.69) is 30.3 Å². The van der Waals surface area contributed by atoms with Gasteiger partial charge in [-0.1, -0.05) is 19.1 Å². The summed E-state index contributed by atoms with van der Waals surface area (Å²) in [7, 11) is 0. The van der Waals surface area contributed by atoms with E-state index in [9.17, 15) is 0 Å². The van der Waals surface area contributed by atoms with Crippen molar-refractivity contribution >= 4 is 17.3 Å². The summed E-state index contributed by atoms with van der Waals surface area (Å²) >= 11 is 5.77. The Balaban J connectivity index is 1.92. The second-order valence-electron chi connectivity index (χ2n) is 4.73. The highest BCUT2D eigenvalue weighted by Crippen LogP contribution is 2.13. The van der Waals surface area contributed by atoms with Crippen LogP contribution in [0.5, 0.6) is 0 Å². The molecule has 0 aliphatic carbocycles. The first-order chi connectivity index (χ1) is 9.22. The Morgan fingerprint density at radius 2 is 2.00 bits per heavy atom. The van der Waals surface area contributed by atoms with Gasteiger partial charge in [0.05, 0.1) is 12.2 Å². The second kappa shape index (κ2) is 6.62. The van der Waals surface area contributed by atoms with Crippen LogP contribution in [0.15, 0.2) is 36.5 Å². The number of nitrogens with zero attached hydrogens (tertiary/aromatic N) is 2. The molecule has 0 radical (unpaired) electrons. The molecule has 1 unspecified atom stereocenters. The van der Waals surface area contributed by atoms with Gasteiger partial charge in [-0.25, -0.2) is 0 Å². The SMILES string of the molecule is CCC(C)n1ccc(CNc2ccc(CCl)cc2)n1. The zero-order chi connectivity index (χ0) is 13.7. The third-order valence-corrected chi connectivity index (χ3v) is 3.60. The number of nitrogens with one attached hydrogen (secondary N) is 1. The van der Waals surface area contributed by atoms with Crippen molar-refractivity contribution in [3.63, 3.8) is 0 Å². The van der Waals surface area contributed by atoms with Crippen molar-refractivity contribution in [2.24, 2.45) is 0 Å². The molecule has 0 aliphatic rings. The monoisotopic (exact) mass is 277 g/mol. The molecular weight excluding hydrogens is 258 g/mol. The van der Waals surface area contributed by atoms with Crippen LogP contribution in [0.1, 0.15) is 37.6 Å². The third-order valence-electron chi connectivity index (χ3n) is 3.29. The van der Waals surface area contributed by atoms with Crippen LogP contribution in [0.3, 0.4) is 0 Å². The first-order valence-corrected chi connectivity index (χ1v) is 7.19. The lowest BCUT2D eigenvalue weighted by molar-refractivity contribution is 0.474. The highest BCUT2D eigenvalue weighted by Gasteiger charge is 2.04. The lowest BCUT2D eigenvalue weighted by Crippen LogP contribution is -2.06. The number of hydrogen-bond donors (Lipinski definition) is 1. The molecule has 1 aromatic carbocycles. The van der Waals surface area contributed by atoms with Gasteiger partial charge < -0.3 is 5.32 Å². The fourth-order valence-electron chi connectivity index (χ4n) is 1.81. The van der Waals surface area contributed by atoms with Gasteiger partial charge in [-0.15, -0.1) is 11.6 Å². The topological polar surface area (TPSA) is 29.9 Å². The minimum absolute atomic E-state index is 0.455. The number of anilines is 1. The van der Waals surface area contributed by atoms with E-state index < -0.39 is 0 Å². The van der Waals surface area contributed by atoms with Crippen molar-refractivity contribution in [3.05, 3.63) is 47.8 Å². The van der Waals surface area contributed by atoms with Gasteiger partial charge in [-0.3, -0.25) is 4.68 Å². The standard InChI is InChI=1S/C15H20ClN3/c1-3-12(2)19-9-8-15(18-19)11-17-14-6-4-13(10-16)5-7-14/h4-9,12,17H,3,10-11H2,1-2H3. The minimum Gasteiger partial charge on any atom is -0.379 e. The number of alkyl halides is 1. The number of hydrogen-bond acceptors (Lipinski definition) is 2. The summed E-state index contributed by atoms with van der Waals surface area (Å²) in [6, 6.07) is 10.7. The average Bonchev–Trinajstić information content (AvgIpc) is 2.93. The van der Waals surface area contributed by atoms with Gasteiger partial charge >= 0.3 is 0 Å². The van der Waals surface area contributed by atoms with E-state index in [0.29, 0.717) is 11.9 Å². The van der Waals surface area contributed by atoms with Crippen molar-refractivity contribution < 1.29 is 0 Å². The van der Waals surface area contributed by atoms with Gasteiger partial charge in [0, 0.05) is 23.8 Å². The molecule has 0 saturated heterocycles. The molecule has 1 heterocycles. The molecule has 2 aromatic rings. The maximum atomic E-state index is 5.77. The summed E-state index contributed by atoms with van der Waals surface area (Å²) in [6.07, 6.45) is 3.14. The van der Waals surface area contributed by atoms with E-state index in [4.69, 9.17) is 11.6 Å². The van der Waals surface area contributed by atoms with Crippen LogP contribution < -0.4 is 5.32 Å². The summed E-state index contributed by atoms with van der Waals surface area (Å²) in [4.78, 5) is 0. The molecule has 3 nitrogen and oxygen atoms in total. The van der Waals surface area contributed by atoms with E-state index in [-0.39, 0.29) is 0 Å². The molecule has 1 atom stereocenters. The van der Waals surface area contributed by atoms with Crippen LogP contribution in [-0.2, 0) is 12.4 Å². The fraction of sp³-hybridized carbons (Fsp3) is 0.400. The molecule has 0 amide bonds. The van der Waals surface area contributed by atoms with Crippen molar-refractivity contribution in [2.45, 2.75) is 38.7 Å². The Kier molecular flexibility index (Phi) is 4.86. The van der Waals surface area contributed by atoms with Gasteiger partial charge in [0.1, 0.15) is 0 Å². The van der Waals surface area contributed by atoms with Gasteiger partial charge in [0.15, 0.2) is 0 Å². The molecule has 19 heavy (non-hydrogen) atoms. The highest BCUT2D eigenvalue weighted by molar-refractivity contribution is 6.17. The number of halogens is 1. The minimum atomic E-state index is 0.455. The van der Waals surface area contributed by atoms with Crippen LogP contribution in [0, 0.1) is 0 Å². The zero-order valence-electron chi connectivity index (χ0n) is 11.4. The van der Waals surface area contributed by atoms with E-state index >= 15 is 0 Å². The maximum absolute atomic E-state index is 5.77. The number of aromatic nitrogens is 2. The predicted octanol–water partition coefficient (Wildman–Crippen LogP) is 4.21. The summed E-state index contributed by atoms with van der Waals surface area (Å²) < 4.78 is 2.02. The van der Waals surface area contributed by atoms with Crippen molar-refractivity contribution in [1.29, 1.82) is 0 Å². The molecule has 0 saturated carbocycles. The van der Waals surface area contributed by atoms with Crippen LogP contribution in [0.2, 0.25) is 0 Å². The van der Waals surface area contributed by atoms with Crippen molar-refractivity contribution in [2.75, 3.05) is 5.32 Å². The molecule has 2 rings (SSSR count). The van der Waals surface area contributed by atoms with E-state index in [1.165, 1.54) is 0 Å². The van der Waals surface area contributed by atoms with Gasteiger partial charge in [0.25, 0.3) is 0 Å². The highest BCUT2D eigenvalue weighted by atomic mass is 35.5. The largest absolute Gasteiger partial charge is 0.379 e. The van der Waals surface area contributed by atoms with E-state index in [1.807, 2.05) is 35.1 Å². The molecule has 1 N–H and O–H groups in total. The first-order valence-electron chi connectivity index (χ1n) is 6.65. The smallest absolute Gasteiger partial charge is 0.0815 e. The molecule has 4 heteroatoms. The maximum Gasteiger partial charge on any atom is 0.0815 e. The average molecular weight is 278 g/mol. The fourth-order valence-corrected chi connectivity index (χ4v) is 1.99. The molecule has 0 fully saturated rings. The molecule has 0 spiro atoms. The summed E-state index contributed by atoms with van der Waals surface area (Å²) in [5, 5.41) is 7.93. The quantitative estimate of drug-likeness (QED) is 0.802. The van der Waals surface area contributed by atoms with Crippen molar-refractivity contribution in [3.8, 4) is 0 Å². The normalized spacial score (nSPS) is 12.4. The van der Waals surface area contributed by atoms with Crippen LogP contribution >= 0.6 is 11.6 Å². The van der Waals surface area contributed by atoms with Crippen molar-refractivity contribution in [1.82, 2.24) is 9.78 Å². The molecule has 1 aromatic heterocycles. The number of rotatable bonds is 6. The van der Waals surface area contributed by atoms with Gasteiger partial charge in [-0.05, 0) is 37.1 Å². The summed E-state index contributed by atoms with van der Waals surface area (Å²) in [5.74, 6) is 0.555. The van der Waals surface area contributed by atoms with Gasteiger partial charge in [-0.2, -0.15) is 5.10 Å². The Labute approximate surface area is 119 Å². The van der Waals surface area contributed by atoms with Crippen LogP contribution in [0.4, 0.5) is 5.69 Å². The third kappa shape index (κ3) is 3.74. The first kappa shape index (κ1) is 13.9. The summed E-state index contributed by atoms with van der Waals surface area (Å²) in [5.41, 5.74) is 3.28. The Bertz CT molecular complexity index is 504. The zero-order valence-corrected chi connectivity index (χ0v) is 12.2. The second-order valence-corrected chi connectivity index (χ2v) is 5.00. The van der Waals surface area contributed by atoms with E-state index in [1.54, 1.807) is 0 Å².